The molecule has 2 aliphatic heterocycles. The van der Waals surface area contributed by atoms with Gasteiger partial charge in [0.2, 0.25) is 0 Å². The van der Waals surface area contributed by atoms with Crippen LogP contribution in [0.4, 0.5) is 0 Å². The molecule has 0 aromatic rings. The zero-order chi connectivity index (χ0) is 15.2. The summed E-state index contributed by atoms with van der Waals surface area (Å²) in [4.78, 5) is 0. The normalized spacial score (nSPS) is 34.2. The Labute approximate surface area is 119 Å². The molecule has 0 amide bonds. The fraction of sp³-hybridized carbons (Fsp3) is 1.00. The Morgan fingerprint density at radius 2 is 1.40 bits per heavy atom. The molecule has 8 heteroatoms. The van der Waals surface area contributed by atoms with Gasteiger partial charge >= 0.3 is 0 Å². The number of ether oxygens (including phenoxy) is 4. The molecule has 118 valence electrons. The number of hydrogen-bond donors (Lipinski definition) is 0. The minimum absolute atomic E-state index is 0.167. The van der Waals surface area contributed by atoms with E-state index < -0.39 is 39.2 Å². The Hall–Kier alpha value is -0.250. The van der Waals surface area contributed by atoms with Gasteiger partial charge in [-0.1, -0.05) is 0 Å². The highest BCUT2D eigenvalue weighted by atomic mass is 32.2. The topological polar surface area (TPSA) is 80.3 Å². The largest absolute Gasteiger partial charge is 0.348 e. The highest BCUT2D eigenvalue weighted by Crippen LogP contribution is 2.34. The van der Waals surface area contributed by atoms with E-state index in [9.17, 15) is 8.42 Å². The summed E-state index contributed by atoms with van der Waals surface area (Å²) in [5, 5.41) is -0.990. The predicted octanol–water partition coefficient (Wildman–Crippen LogP) is 0.634. The van der Waals surface area contributed by atoms with Crippen LogP contribution in [-0.4, -0.2) is 57.8 Å². The number of hydrogen-bond acceptors (Lipinski definition) is 7. The first kappa shape index (κ1) is 16.1. The Bertz CT molecular complexity index is 430. The molecule has 0 aliphatic carbocycles. The van der Waals surface area contributed by atoms with E-state index in [1.807, 2.05) is 0 Å². The maximum Gasteiger partial charge on any atom is 0.275 e. The van der Waals surface area contributed by atoms with Gasteiger partial charge in [-0.3, -0.25) is 4.18 Å². The lowest BCUT2D eigenvalue weighted by molar-refractivity contribution is -0.152. The molecule has 0 aromatic heterocycles. The van der Waals surface area contributed by atoms with Crippen molar-refractivity contribution in [3.05, 3.63) is 0 Å². The molecule has 2 aliphatic rings. The molecule has 20 heavy (non-hydrogen) atoms. The van der Waals surface area contributed by atoms with Crippen LogP contribution >= 0.6 is 0 Å². The molecule has 2 heterocycles. The van der Waals surface area contributed by atoms with Crippen LogP contribution in [0.2, 0.25) is 0 Å². The van der Waals surface area contributed by atoms with Crippen LogP contribution in [0.3, 0.4) is 0 Å². The molecule has 2 rings (SSSR count). The second kappa shape index (κ2) is 5.19. The van der Waals surface area contributed by atoms with Crippen LogP contribution in [0, 0.1) is 0 Å². The molecule has 2 atom stereocenters. The van der Waals surface area contributed by atoms with Crippen LogP contribution in [0.1, 0.15) is 27.7 Å². The standard InChI is InChI=1S/C12H22O7S/c1-11(2)16-6-8(18-11)10(20(13,14)15-5)9-7-17-12(3,4)19-9/h8-10H,6-7H2,1-5H3. The highest BCUT2D eigenvalue weighted by Gasteiger charge is 2.51. The summed E-state index contributed by atoms with van der Waals surface area (Å²) in [7, 11) is -2.71. The third-order valence-electron chi connectivity index (χ3n) is 3.36. The quantitative estimate of drug-likeness (QED) is 0.705. The van der Waals surface area contributed by atoms with Gasteiger partial charge in [0.25, 0.3) is 10.1 Å². The van der Waals surface area contributed by atoms with E-state index in [0.29, 0.717) is 0 Å². The van der Waals surface area contributed by atoms with Crippen LogP contribution < -0.4 is 0 Å². The Balaban J connectivity index is 2.23. The monoisotopic (exact) mass is 310 g/mol. The van der Waals surface area contributed by atoms with E-state index in [1.54, 1.807) is 27.7 Å². The van der Waals surface area contributed by atoms with Crippen molar-refractivity contribution in [2.45, 2.75) is 56.7 Å². The summed E-state index contributed by atoms with van der Waals surface area (Å²) < 4.78 is 51.3. The third kappa shape index (κ3) is 3.32. The van der Waals surface area contributed by atoms with Crippen molar-refractivity contribution >= 4 is 10.1 Å². The molecule has 0 saturated carbocycles. The maximum atomic E-state index is 12.2. The summed E-state index contributed by atoms with van der Waals surface area (Å²) >= 11 is 0. The molecule has 0 radical (unpaired) electrons. The smallest absolute Gasteiger partial charge is 0.275 e. The lowest BCUT2D eigenvalue weighted by atomic mass is 10.1. The summed E-state index contributed by atoms with van der Waals surface area (Å²) in [5.41, 5.74) is 0. The first-order valence-electron chi connectivity index (χ1n) is 6.49. The Morgan fingerprint density at radius 1 is 1.00 bits per heavy atom. The van der Waals surface area contributed by atoms with Crippen LogP contribution in [0.25, 0.3) is 0 Å². The number of rotatable bonds is 4. The van der Waals surface area contributed by atoms with E-state index in [-0.39, 0.29) is 13.2 Å². The second-order valence-corrected chi connectivity index (χ2v) is 7.72. The molecule has 0 spiro atoms. The molecule has 0 bridgehead atoms. The third-order valence-corrected chi connectivity index (χ3v) is 5.10. The average Bonchev–Trinajstić information content (AvgIpc) is 2.82. The van der Waals surface area contributed by atoms with Gasteiger partial charge in [0.05, 0.1) is 20.3 Å². The Kier molecular flexibility index (Phi) is 4.18. The Morgan fingerprint density at radius 3 is 1.65 bits per heavy atom. The van der Waals surface area contributed by atoms with Gasteiger partial charge in [-0.2, -0.15) is 8.42 Å². The summed E-state index contributed by atoms with van der Waals surface area (Å²) in [6.45, 7) is 7.28. The minimum atomic E-state index is -3.84. The fourth-order valence-electron chi connectivity index (χ4n) is 2.48. The van der Waals surface area contributed by atoms with Gasteiger partial charge in [-0.15, -0.1) is 0 Å². The molecule has 2 fully saturated rings. The molecule has 2 saturated heterocycles. The summed E-state index contributed by atoms with van der Waals surface area (Å²) in [6, 6.07) is 0. The average molecular weight is 310 g/mol. The minimum Gasteiger partial charge on any atom is -0.348 e. The van der Waals surface area contributed by atoms with Crippen LogP contribution in [0.15, 0.2) is 0 Å². The van der Waals surface area contributed by atoms with Crippen molar-refractivity contribution in [2.75, 3.05) is 20.3 Å². The van der Waals surface area contributed by atoms with E-state index in [0.717, 1.165) is 7.11 Å². The van der Waals surface area contributed by atoms with Gasteiger partial charge in [0.15, 0.2) is 11.6 Å². The van der Waals surface area contributed by atoms with Crippen molar-refractivity contribution in [1.29, 1.82) is 0 Å². The fourth-order valence-corrected chi connectivity index (χ4v) is 3.71. The first-order chi connectivity index (χ1) is 9.06. The molecular formula is C12H22O7S. The van der Waals surface area contributed by atoms with E-state index in [4.69, 9.17) is 18.9 Å². The summed E-state index contributed by atoms with van der Waals surface area (Å²) in [5.74, 6) is -1.64. The van der Waals surface area contributed by atoms with Crippen molar-refractivity contribution in [1.82, 2.24) is 0 Å². The van der Waals surface area contributed by atoms with E-state index in [2.05, 4.69) is 4.18 Å². The van der Waals surface area contributed by atoms with Crippen molar-refractivity contribution in [3.63, 3.8) is 0 Å². The highest BCUT2D eigenvalue weighted by molar-refractivity contribution is 7.87. The van der Waals surface area contributed by atoms with Crippen LogP contribution in [-0.2, 0) is 33.2 Å². The van der Waals surface area contributed by atoms with Gasteiger partial charge in [0.1, 0.15) is 17.5 Å². The molecule has 2 unspecified atom stereocenters. The SMILES string of the molecule is COS(=O)(=O)C(C1COC(C)(C)O1)C1COC(C)(C)O1. The maximum absolute atomic E-state index is 12.2. The van der Waals surface area contributed by atoms with Crippen molar-refractivity contribution in [2.24, 2.45) is 0 Å². The lowest BCUT2D eigenvalue weighted by Gasteiger charge is -2.27. The van der Waals surface area contributed by atoms with Gasteiger partial charge in [-0.25, -0.2) is 0 Å². The van der Waals surface area contributed by atoms with Crippen molar-refractivity contribution < 1.29 is 31.5 Å². The lowest BCUT2D eigenvalue weighted by Crippen LogP contribution is -2.47. The van der Waals surface area contributed by atoms with Gasteiger partial charge in [-0.05, 0) is 27.7 Å². The van der Waals surface area contributed by atoms with E-state index in [1.165, 1.54) is 0 Å². The zero-order valence-electron chi connectivity index (χ0n) is 12.4. The molecule has 0 N–H and O–H groups in total. The summed E-state index contributed by atoms with van der Waals surface area (Å²) in [6.07, 6.45) is -1.31. The zero-order valence-corrected chi connectivity index (χ0v) is 13.2. The predicted molar refractivity (Wildman–Crippen MR) is 69.5 cm³/mol. The van der Waals surface area contributed by atoms with E-state index >= 15 is 0 Å². The first-order valence-corrected chi connectivity index (χ1v) is 7.96. The van der Waals surface area contributed by atoms with Gasteiger partial charge in [0, 0.05) is 0 Å². The molecular weight excluding hydrogens is 288 g/mol. The van der Waals surface area contributed by atoms with Crippen LogP contribution in [0.5, 0.6) is 0 Å². The van der Waals surface area contributed by atoms with Crippen molar-refractivity contribution in [3.8, 4) is 0 Å². The van der Waals surface area contributed by atoms with Gasteiger partial charge < -0.3 is 18.9 Å². The molecule has 0 aromatic carbocycles. The second-order valence-electron chi connectivity index (χ2n) is 5.86. The molecule has 7 nitrogen and oxygen atoms in total.